The molecular formula is C14H18N2O4. The van der Waals surface area contributed by atoms with Gasteiger partial charge in [-0.1, -0.05) is 0 Å². The highest BCUT2D eigenvalue weighted by Crippen LogP contribution is 2.26. The number of hydrogen-bond acceptors (Lipinski definition) is 4. The summed E-state index contributed by atoms with van der Waals surface area (Å²) < 4.78 is 0. The van der Waals surface area contributed by atoms with Gasteiger partial charge in [-0.2, -0.15) is 0 Å². The normalized spacial score (nSPS) is 15.9. The molecule has 0 spiro atoms. The number of nitrogens with zero attached hydrogens (tertiary/aromatic N) is 1. The first-order valence-electron chi connectivity index (χ1n) is 6.55. The highest BCUT2D eigenvalue weighted by atomic mass is 16.3. The van der Waals surface area contributed by atoms with Crippen LogP contribution in [0.15, 0.2) is 18.2 Å². The maximum absolute atomic E-state index is 12.2. The van der Waals surface area contributed by atoms with Crippen LogP contribution in [0.5, 0.6) is 11.5 Å². The summed E-state index contributed by atoms with van der Waals surface area (Å²) in [7, 11) is 0. The van der Waals surface area contributed by atoms with Gasteiger partial charge in [0.25, 0.3) is 5.91 Å². The Morgan fingerprint density at radius 1 is 1.20 bits per heavy atom. The predicted octanol–water partition coefficient (Wildman–Crippen LogP) is 0.838. The SMILES string of the molecule is CC(=O)NC1CCN(C(=O)c2ccc(O)c(O)c2)CC1. The number of phenols is 2. The van der Waals surface area contributed by atoms with Crippen LogP contribution in [0.1, 0.15) is 30.1 Å². The molecule has 108 valence electrons. The Labute approximate surface area is 117 Å². The summed E-state index contributed by atoms with van der Waals surface area (Å²) in [5.41, 5.74) is 0.346. The van der Waals surface area contributed by atoms with Crippen LogP contribution >= 0.6 is 0 Å². The lowest BCUT2D eigenvalue weighted by Gasteiger charge is -2.32. The molecule has 0 atom stereocenters. The summed E-state index contributed by atoms with van der Waals surface area (Å²) in [5, 5.41) is 21.5. The summed E-state index contributed by atoms with van der Waals surface area (Å²) in [6.45, 7) is 2.60. The van der Waals surface area contributed by atoms with Crippen molar-refractivity contribution in [3.8, 4) is 11.5 Å². The van der Waals surface area contributed by atoms with Gasteiger partial charge in [0.05, 0.1) is 0 Å². The van der Waals surface area contributed by atoms with Gasteiger partial charge in [-0.25, -0.2) is 0 Å². The summed E-state index contributed by atoms with van der Waals surface area (Å²) in [4.78, 5) is 24.9. The Morgan fingerprint density at radius 2 is 1.85 bits per heavy atom. The van der Waals surface area contributed by atoms with E-state index in [0.717, 1.165) is 12.8 Å². The van der Waals surface area contributed by atoms with Gasteiger partial charge in [0, 0.05) is 31.6 Å². The zero-order chi connectivity index (χ0) is 14.7. The van der Waals surface area contributed by atoms with E-state index in [-0.39, 0.29) is 29.4 Å². The minimum atomic E-state index is -0.302. The fraction of sp³-hybridized carbons (Fsp3) is 0.429. The molecule has 1 saturated heterocycles. The van der Waals surface area contributed by atoms with E-state index in [4.69, 9.17) is 0 Å². The Kier molecular flexibility index (Phi) is 4.12. The third kappa shape index (κ3) is 3.20. The summed E-state index contributed by atoms with van der Waals surface area (Å²) in [5.74, 6) is -0.783. The van der Waals surface area contributed by atoms with Crippen LogP contribution < -0.4 is 5.32 Å². The van der Waals surface area contributed by atoms with E-state index in [1.807, 2.05) is 0 Å². The van der Waals surface area contributed by atoms with Gasteiger partial charge in [0.15, 0.2) is 11.5 Å². The van der Waals surface area contributed by atoms with E-state index in [0.29, 0.717) is 18.7 Å². The summed E-state index contributed by atoms with van der Waals surface area (Å²) in [6, 6.07) is 4.16. The van der Waals surface area contributed by atoms with Crippen molar-refractivity contribution >= 4 is 11.8 Å². The maximum Gasteiger partial charge on any atom is 0.253 e. The van der Waals surface area contributed by atoms with Crippen molar-refractivity contribution in [2.75, 3.05) is 13.1 Å². The first kappa shape index (κ1) is 14.2. The van der Waals surface area contributed by atoms with Gasteiger partial charge >= 0.3 is 0 Å². The van der Waals surface area contributed by atoms with E-state index < -0.39 is 0 Å². The highest BCUT2D eigenvalue weighted by molar-refractivity contribution is 5.95. The van der Waals surface area contributed by atoms with Crippen LogP contribution in [-0.4, -0.2) is 46.1 Å². The average Bonchev–Trinajstić information content (AvgIpc) is 2.41. The molecule has 1 fully saturated rings. The largest absolute Gasteiger partial charge is 0.504 e. The molecule has 0 aliphatic carbocycles. The highest BCUT2D eigenvalue weighted by Gasteiger charge is 2.24. The number of likely N-dealkylation sites (tertiary alicyclic amines) is 1. The van der Waals surface area contributed by atoms with E-state index in [9.17, 15) is 19.8 Å². The molecule has 6 heteroatoms. The number of aromatic hydroxyl groups is 2. The zero-order valence-electron chi connectivity index (χ0n) is 11.3. The van der Waals surface area contributed by atoms with Gasteiger partial charge in [-0.05, 0) is 31.0 Å². The number of carbonyl (C=O) groups is 2. The van der Waals surface area contributed by atoms with E-state index in [1.165, 1.54) is 25.1 Å². The number of rotatable bonds is 2. The summed E-state index contributed by atoms with van der Waals surface area (Å²) in [6.07, 6.45) is 1.44. The molecule has 0 bridgehead atoms. The lowest BCUT2D eigenvalue weighted by molar-refractivity contribution is -0.119. The van der Waals surface area contributed by atoms with Crippen molar-refractivity contribution in [3.05, 3.63) is 23.8 Å². The maximum atomic E-state index is 12.2. The lowest BCUT2D eigenvalue weighted by atomic mass is 10.0. The number of hydrogen-bond donors (Lipinski definition) is 3. The van der Waals surface area contributed by atoms with Crippen LogP contribution in [0.2, 0.25) is 0 Å². The van der Waals surface area contributed by atoms with Crippen molar-refractivity contribution in [2.24, 2.45) is 0 Å². The molecule has 1 aromatic carbocycles. The molecule has 20 heavy (non-hydrogen) atoms. The molecule has 3 N–H and O–H groups in total. The third-order valence-electron chi connectivity index (χ3n) is 3.41. The third-order valence-corrected chi connectivity index (χ3v) is 3.41. The second-order valence-electron chi connectivity index (χ2n) is 4.97. The number of nitrogens with one attached hydrogen (secondary N) is 1. The van der Waals surface area contributed by atoms with Gasteiger partial charge in [-0.3, -0.25) is 9.59 Å². The molecule has 0 unspecified atom stereocenters. The first-order chi connectivity index (χ1) is 9.47. The lowest BCUT2D eigenvalue weighted by Crippen LogP contribution is -2.46. The molecule has 1 aliphatic rings. The molecule has 0 saturated carbocycles. The smallest absolute Gasteiger partial charge is 0.253 e. The van der Waals surface area contributed by atoms with Crippen LogP contribution in [0.25, 0.3) is 0 Å². The van der Waals surface area contributed by atoms with Crippen molar-refractivity contribution in [3.63, 3.8) is 0 Å². The Balaban J connectivity index is 1.97. The minimum Gasteiger partial charge on any atom is -0.504 e. The van der Waals surface area contributed by atoms with Gasteiger partial charge in [0.2, 0.25) is 5.91 Å². The second kappa shape index (κ2) is 5.81. The molecule has 1 aliphatic heterocycles. The fourth-order valence-electron chi connectivity index (χ4n) is 2.35. The number of phenolic OH excluding ortho intramolecular Hbond substituents is 2. The fourth-order valence-corrected chi connectivity index (χ4v) is 2.35. The van der Waals surface area contributed by atoms with Crippen LogP contribution in [0.3, 0.4) is 0 Å². The van der Waals surface area contributed by atoms with E-state index in [2.05, 4.69) is 5.32 Å². The van der Waals surface area contributed by atoms with Crippen LogP contribution in [0, 0.1) is 0 Å². The van der Waals surface area contributed by atoms with Crippen LogP contribution in [-0.2, 0) is 4.79 Å². The number of benzene rings is 1. The Morgan fingerprint density at radius 3 is 2.40 bits per heavy atom. The molecule has 2 amide bonds. The van der Waals surface area contributed by atoms with Gasteiger partial charge in [-0.15, -0.1) is 0 Å². The molecular weight excluding hydrogens is 260 g/mol. The van der Waals surface area contributed by atoms with E-state index in [1.54, 1.807) is 4.90 Å². The second-order valence-corrected chi connectivity index (χ2v) is 4.97. The van der Waals surface area contributed by atoms with Gasteiger partial charge in [0.1, 0.15) is 0 Å². The van der Waals surface area contributed by atoms with Crippen LogP contribution in [0.4, 0.5) is 0 Å². The molecule has 0 radical (unpaired) electrons. The molecule has 6 nitrogen and oxygen atoms in total. The first-order valence-corrected chi connectivity index (χ1v) is 6.55. The summed E-state index contributed by atoms with van der Waals surface area (Å²) >= 11 is 0. The number of carbonyl (C=O) groups excluding carboxylic acids is 2. The molecule has 0 aromatic heterocycles. The number of amides is 2. The minimum absolute atomic E-state index is 0.0572. The predicted molar refractivity (Wildman–Crippen MR) is 72.5 cm³/mol. The Bertz CT molecular complexity index is 522. The van der Waals surface area contributed by atoms with Crippen molar-refractivity contribution in [2.45, 2.75) is 25.8 Å². The Hall–Kier alpha value is -2.24. The molecule has 2 rings (SSSR count). The standard InChI is InChI=1S/C14H18N2O4/c1-9(17)15-11-4-6-16(7-5-11)14(20)10-2-3-12(18)13(19)8-10/h2-3,8,11,18-19H,4-7H2,1H3,(H,15,17). The monoisotopic (exact) mass is 278 g/mol. The van der Waals surface area contributed by atoms with Crippen molar-refractivity contribution < 1.29 is 19.8 Å². The van der Waals surface area contributed by atoms with E-state index >= 15 is 0 Å². The van der Waals surface area contributed by atoms with Crippen molar-refractivity contribution in [1.29, 1.82) is 0 Å². The number of piperidine rings is 1. The topological polar surface area (TPSA) is 89.9 Å². The van der Waals surface area contributed by atoms with Crippen molar-refractivity contribution in [1.82, 2.24) is 10.2 Å². The quantitative estimate of drug-likeness (QED) is 0.699. The average molecular weight is 278 g/mol. The van der Waals surface area contributed by atoms with Gasteiger partial charge < -0.3 is 20.4 Å². The molecule has 1 aromatic rings. The molecule has 1 heterocycles. The zero-order valence-corrected chi connectivity index (χ0v) is 11.3.